The first-order chi connectivity index (χ1) is 13.7. The quantitative estimate of drug-likeness (QED) is 0.588. The summed E-state index contributed by atoms with van der Waals surface area (Å²) in [6.45, 7) is 6.67. The first kappa shape index (κ1) is 19.1. The lowest BCUT2D eigenvalue weighted by Crippen LogP contribution is -2.49. The fraction of sp³-hybridized carbons (Fsp3) is 0.167. The van der Waals surface area contributed by atoms with Gasteiger partial charge in [-0.1, -0.05) is 31.3 Å². The Labute approximate surface area is 171 Å². The number of carboxylic acids is 1. The van der Waals surface area contributed by atoms with Crippen LogP contribution in [0.2, 0.25) is 13.1 Å². The highest BCUT2D eigenvalue weighted by Crippen LogP contribution is 2.42. The van der Waals surface area contributed by atoms with Crippen molar-refractivity contribution in [3.63, 3.8) is 0 Å². The number of allylic oxidation sites excluding steroid dienone is 5. The van der Waals surface area contributed by atoms with Crippen LogP contribution in [0.5, 0.6) is 0 Å². The first-order valence-electron chi connectivity index (χ1n) is 9.60. The van der Waals surface area contributed by atoms with Crippen molar-refractivity contribution in [1.29, 1.82) is 0 Å². The van der Waals surface area contributed by atoms with Crippen LogP contribution < -0.4 is 10.9 Å². The molecular formula is C24H24N2O2Si. The molecule has 0 saturated carbocycles. The predicted octanol–water partition coefficient (Wildman–Crippen LogP) is 4.11. The van der Waals surface area contributed by atoms with E-state index in [1.165, 1.54) is 21.5 Å². The maximum atomic E-state index is 11.4. The molecule has 0 fully saturated rings. The van der Waals surface area contributed by atoms with Gasteiger partial charge in [-0.15, -0.1) is 0 Å². The Morgan fingerprint density at radius 3 is 2.45 bits per heavy atom. The summed E-state index contributed by atoms with van der Waals surface area (Å²) < 4.78 is 0. The predicted molar refractivity (Wildman–Crippen MR) is 123 cm³/mol. The molecule has 2 aromatic rings. The molecule has 1 aliphatic carbocycles. The van der Waals surface area contributed by atoms with Gasteiger partial charge in [0.15, 0.2) is 0 Å². The molecule has 0 unspecified atom stereocenters. The number of aliphatic imine (C=N–C) groups is 1. The summed E-state index contributed by atoms with van der Waals surface area (Å²) in [5, 5.41) is 12.0. The van der Waals surface area contributed by atoms with Crippen molar-refractivity contribution in [3.05, 3.63) is 87.6 Å². The smallest absolute Gasteiger partial charge is 0.335 e. The van der Waals surface area contributed by atoms with Crippen LogP contribution in [-0.4, -0.2) is 31.9 Å². The Kier molecular flexibility index (Phi) is 4.43. The number of nitrogens with two attached hydrogens (primary N) is 1. The Bertz CT molecular complexity index is 1180. The highest BCUT2D eigenvalue weighted by molar-refractivity contribution is 6.98. The molecule has 0 saturated heterocycles. The van der Waals surface area contributed by atoms with Gasteiger partial charge in [0.25, 0.3) is 0 Å². The van der Waals surface area contributed by atoms with Crippen LogP contribution in [0, 0.1) is 6.92 Å². The molecule has 1 heterocycles. The average Bonchev–Trinajstić information content (AvgIpc) is 2.69. The summed E-state index contributed by atoms with van der Waals surface area (Å²) in [4.78, 5) is 15.8. The zero-order valence-corrected chi connectivity index (χ0v) is 18.1. The van der Waals surface area contributed by atoms with Crippen LogP contribution in [0.15, 0.2) is 70.4 Å². The third-order valence-corrected chi connectivity index (χ3v) is 9.45. The molecule has 4 rings (SSSR count). The lowest BCUT2D eigenvalue weighted by atomic mass is 9.87. The van der Waals surface area contributed by atoms with Crippen molar-refractivity contribution in [2.45, 2.75) is 20.0 Å². The summed E-state index contributed by atoms with van der Waals surface area (Å²) in [5.74, 6) is -0.912. The largest absolute Gasteiger partial charge is 0.478 e. The molecule has 0 bridgehead atoms. The zero-order chi connectivity index (χ0) is 20.9. The van der Waals surface area contributed by atoms with E-state index in [4.69, 9.17) is 5.73 Å². The van der Waals surface area contributed by atoms with Crippen molar-refractivity contribution in [1.82, 2.24) is 0 Å². The molecule has 0 radical (unpaired) electrons. The number of rotatable bonds is 2. The standard InChI is InChI=1S/C24H24N2O2Si/c1-14-11-15(24(27)28)5-8-18(14)23-19-9-6-16(25)12-21(19)29(3,4)22-13-17(26-2)7-10-20(22)23/h5-13H,25H2,1-4H3,(H,27,28). The van der Waals surface area contributed by atoms with Gasteiger partial charge in [0, 0.05) is 12.7 Å². The van der Waals surface area contributed by atoms with E-state index in [-0.39, 0.29) is 0 Å². The number of anilines is 1. The van der Waals surface area contributed by atoms with Crippen molar-refractivity contribution < 1.29 is 9.90 Å². The second kappa shape index (κ2) is 6.71. The summed E-state index contributed by atoms with van der Waals surface area (Å²) >= 11 is 0. The van der Waals surface area contributed by atoms with Crippen LogP contribution in [0.4, 0.5) is 5.69 Å². The minimum Gasteiger partial charge on any atom is -0.478 e. The van der Waals surface area contributed by atoms with E-state index in [2.05, 4.69) is 42.4 Å². The maximum Gasteiger partial charge on any atom is 0.335 e. The molecule has 1 aliphatic heterocycles. The Hall–Kier alpha value is -3.18. The number of aryl methyl sites for hydroxylation is 1. The van der Waals surface area contributed by atoms with Gasteiger partial charge < -0.3 is 10.8 Å². The number of fused-ring (bicyclic) bond motifs is 2. The zero-order valence-electron chi connectivity index (χ0n) is 17.1. The lowest BCUT2D eigenvalue weighted by molar-refractivity contribution is 0.0697. The molecule has 5 heteroatoms. The Morgan fingerprint density at radius 2 is 1.79 bits per heavy atom. The second-order valence-corrected chi connectivity index (χ2v) is 12.4. The number of carbonyl (C=O) groups is 1. The molecule has 0 amide bonds. The Morgan fingerprint density at radius 1 is 1.07 bits per heavy atom. The van der Waals surface area contributed by atoms with Crippen molar-refractivity contribution in [3.8, 4) is 0 Å². The van der Waals surface area contributed by atoms with Crippen LogP contribution >= 0.6 is 0 Å². The van der Waals surface area contributed by atoms with E-state index in [1.54, 1.807) is 12.1 Å². The van der Waals surface area contributed by atoms with Gasteiger partial charge in [-0.2, -0.15) is 0 Å². The van der Waals surface area contributed by atoms with Gasteiger partial charge in [-0.3, -0.25) is 4.99 Å². The molecule has 2 aliphatic rings. The van der Waals surface area contributed by atoms with Crippen LogP contribution in [-0.2, 0) is 0 Å². The normalized spacial score (nSPS) is 18.3. The first-order valence-corrected chi connectivity index (χ1v) is 12.6. The monoisotopic (exact) mass is 400 g/mol. The maximum absolute atomic E-state index is 11.4. The topological polar surface area (TPSA) is 75.7 Å². The van der Waals surface area contributed by atoms with E-state index >= 15 is 0 Å². The summed E-state index contributed by atoms with van der Waals surface area (Å²) in [7, 11) is -0.177. The molecule has 4 nitrogen and oxygen atoms in total. The number of nitrogens with zero attached hydrogens (tertiary/aromatic N) is 1. The minimum absolute atomic E-state index is 0.301. The second-order valence-electron chi connectivity index (χ2n) is 8.09. The number of benzene rings is 2. The SMILES string of the molecule is CN=C1C=CC2=C(c3ccc(C(=O)O)cc3C)c3ccc(N)cc3[Si](C)(C)C2=C1. The van der Waals surface area contributed by atoms with E-state index < -0.39 is 14.0 Å². The molecule has 29 heavy (non-hydrogen) atoms. The van der Waals surface area contributed by atoms with Gasteiger partial charge >= 0.3 is 5.97 Å². The molecule has 146 valence electrons. The molecular weight excluding hydrogens is 376 g/mol. The molecule has 0 spiro atoms. The highest BCUT2D eigenvalue weighted by atomic mass is 28.3. The van der Waals surface area contributed by atoms with Gasteiger partial charge in [0.1, 0.15) is 8.07 Å². The summed E-state index contributed by atoms with van der Waals surface area (Å²) in [5.41, 5.74) is 13.7. The number of aromatic carboxylic acids is 1. The van der Waals surface area contributed by atoms with Crippen LogP contribution in [0.25, 0.3) is 5.57 Å². The van der Waals surface area contributed by atoms with E-state index in [1.807, 2.05) is 32.2 Å². The van der Waals surface area contributed by atoms with Crippen LogP contribution in [0.3, 0.4) is 0 Å². The molecule has 0 aromatic heterocycles. The fourth-order valence-electron chi connectivity index (χ4n) is 4.36. The number of hydrogen-bond acceptors (Lipinski definition) is 3. The van der Waals surface area contributed by atoms with E-state index in [0.717, 1.165) is 28.1 Å². The third kappa shape index (κ3) is 2.98. The number of hydrogen-bond donors (Lipinski definition) is 2. The van der Waals surface area contributed by atoms with Gasteiger partial charge in [-0.05, 0) is 81.6 Å². The van der Waals surface area contributed by atoms with Crippen molar-refractivity contribution in [2.24, 2.45) is 4.99 Å². The van der Waals surface area contributed by atoms with Crippen molar-refractivity contribution >= 4 is 36.2 Å². The van der Waals surface area contributed by atoms with E-state index in [0.29, 0.717) is 5.56 Å². The summed E-state index contributed by atoms with van der Waals surface area (Å²) in [6, 6.07) is 11.5. The van der Waals surface area contributed by atoms with E-state index in [9.17, 15) is 9.90 Å². The van der Waals surface area contributed by atoms with Gasteiger partial charge in [-0.25, -0.2) is 4.79 Å². The summed E-state index contributed by atoms with van der Waals surface area (Å²) in [6.07, 6.45) is 6.41. The minimum atomic E-state index is -1.99. The number of nitrogen functional groups attached to an aromatic ring is 1. The van der Waals surface area contributed by atoms with Crippen LogP contribution in [0.1, 0.15) is 27.0 Å². The lowest BCUT2D eigenvalue weighted by Gasteiger charge is -2.38. The fourth-order valence-corrected chi connectivity index (χ4v) is 7.45. The average molecular weight is 401 g/mol. The third-order valence-electron chi connectivity index (χ3n) is 5.93. The van der Waals surface area contributed by atoms with Crippen molar-refractivity contribution in [2.75, 3.05) is 12.8 Å². The van der Waals surface area contributed by atoms with Gasteiger partial charge in [0.2, 0.25) is 0 Å². The van der Waals surface area contributed by atoms with Gasteiger partial charge in [0.05, 0.1) is 11.3 Å². The molecule has 3 N–H and O–H groups in total. The number of carboxylic acid groups (broad SMARTS) is 1. The molecule has 0 atom stereocenters. The highest BCUT2D eigenvalue weighted by Gasteiger charge is 2.39. The molecule has 2 aromatic carbocycles. The Balaban J connectivity index is 2.08.